The Bertz CT molecular complexity index is 689. The second kappa shape index (κ2) is 7.79. The lowest BCUT2D eigenvalue weighted by Crippen LogP contribution is -2.40. The van der Waals surface area contributed by atoms with E-state index in [0.29, 0.717) is 12.5 Å². The second-order valence-electron chi connectivity index (χ2n) is 6.14. The quantitative estimate of drug-likeness (QED) is 0.667. The standard InChI is InChI=1S/C17H26N6S/c1-4-16-21-15(12-24-16)9-19-17(18-5-2)23-7-6-13(11-23)14-8-20-22(3)10-14/h8,10,12-13H,4-7,9,11H2,1-3H3,(H,18,19). The van der Waals surface area contributed by atoms with E-state index in [2.05, 4.69) is 45.7 Å². The fraction of sp³-hybridized carbons (Fsp3) is 0.588. The molecule has 0 bridgehead atoms. The van der Waals surface area contributed by atoms with Crippen molar-refractivity contribution in [2.75, 3.05) is 19.6 Å². The van der Waals surface area contributed by atoms with Crippen LogP contribution in [0.1, 0.15) is 42.5 Å². The predicted octanol–water partition coefficient (Wildman–Crippen LogP) is 2.39. The maximum Gasteiger partial charge on any atom is 0.194 e. The number of nitrogens with one attached hydrogen (secondary N) is 1. The lowest BCUT2D eigenvalue weighted by molar-refractivity contribution is 0.486. The van der Waals surface area contributed by atoms with Crippen LogP contribution in [0.4, 0.5) is 0 Å². The van der Waals surface area contributed by atoms with E-state index < -0.39 is 0 Å². The topological polar surface area (TPSA) is 58.3 Å². The SMILES string of the molecule is CCNC(=NCc1csc(CC)n1)N1CCC(c2cnn(C)c2)C1. The summed E-state index contributed by atoms with van der Waals surface area (Å²) in [5.41, 5.74) is 2.39. The monoisotopic (exact) mass is 346 g/mol. The molecule has 1 fully saturated rings. The van der Waals surface area contributed by atoms with Gasteiger partial charge in [-0.2, -0.15) is 5.10 Å². The maximum absolute atomic E-state index is 4.80. The van der Waals surface area contributed by atoms with Gasteiger partial charge < -0.3 is 10.2 Å². The van der Waals surface area contributed by atoms with Gasteiger partial charge >= 0.3 is 0 Å². The zero-order chi connectivity index (χ0) is 16.9. The molecule has 1 N–H and O–H groups in total. The summed E-state index contributed by atoms with van der Waals surface area (Å²) in [5.74, 6) is 1.53. The van der Waals surface area contributed by atoms with Crippen LogP contribution in [0.2, 0.25) is 0 Å². The molecule has 0 aromatic carbocycles. The van der Waals surface area contributed by atoms with Crippen molar-refractivity contribution in [3.63, 3.8) is 0 Å². The molecule has 1 aliphatic rings. The summed E-state index contributed by atoms with van der Waals surface area (Å²) in [5, 5.41) is 11.0. The van der Waals surface area contributed by atoms with E-state index in [4.69, 9.17) is 4.99 Å². The van der Waals surface area contributed by atoms with Crippen molar-refractivity contribution in [2.24, 2.45) is 12.0 Å². The van der Waals surface area contributed by atoms with Crippen molar-refractivity contribution < 1.29 is 0 Å². The molecule has 2 aromatic heterocycles. The molecule has 1 saturated heterocycles. The van der Waals surface area contributed by atoms with Gasteiger partial charge in [-0.3, -0.25) is 4.68 Å². The number of likely N-dealkylation sites (tertiary alicyclic amines) is 1. The van der Waals surface area contributed by atoms with Crippen LogP contribution in [-0.2, 0) is 20.0 Å². The van der Waals surface area contributed by atoms with E-state index in [1.807, 2.05) is 17.9 Å². The zero-order valence-electron chi connectivity index (χ0n) is 14.7. The molecule has 0 radical (unpaired) electrons. The van der Waals surface area contributed by atoms with Crippen molar-refractivity contribution in [2.45, 2.75) is 39.2 Å². The van der Waals surface area contributed by atoms with Gasteiger partial charge in [-0.1, -0.05) is 6.92 Å². The minimum absolute atomic E-state index is 0.536. The van der Waals surface area contributed by atoms with E-state index in [1.54, 1.807) is 11.3 Å². The summed E-state index contributed by atoms with van der Waals surface area (Å²) in [6.45, 7) is 7.80. The Labute approximate surface area is 147 Å². The number of nitrogens with zero attached hydrogens (tertiary/aromatic N) is 5. The average molecular weight is 347 g/mol. The normalized spacial score (nSPS) is 18.4. The largest absolute Gasteiger partial charge is 0.357 e. The third-order valence-electron chi connectivity index (χ3n) is 4.31. The van der Waals surface area contributed by atoms with Gasteiger partial charge in [0.25, 0.3) is 0 Å². The van der Waals surface area contributed by atoms with E-state index in [-0.39, 0.29) is 0 Å². The molecule has 130 valence electrons. The highest BCUT2D eigenvalue weighted by Gasteiger charge is 2.26. The van der Waals surface area contributed by atoms with Crippen LogP contribution in [0, 0.1) is 0 Å². The van der Waals surface area contributed by atoms with Gasteiger partial charge in [0.1, 0.15) is 0 Å². The van der Waals surface area contributed by atoms with E-state index in [0.717, 1.165) is 44.1 Å². The smallest absolute Gasteiger partial charge is 0.194 e. The van der Waals surface area contributed by atoms with Crippen LogP contribution in [0.15, 0.2) is 22.8 Å². The van der Waals surface area contributed by atoms with Gasteiger partial charge in [0.05, 0.1) is 23.4 Å². The van der Waals surface area contributed by atoms with Gasteiger partial charge in [-0.25, -0.2) is 9.98 Å². The highest BCUT2D eigenvalue weighted by atomic mass is 32.1. The lowest BCUT2D eigenvalue weighted by Gasteiger charge is -2.21. The zero-order valence-corrected chi connectivity index (χ0v) is 15.5. The van der Waals surface area contributed by atoms with Crippen LogP contribution in [0.25, 0.3) is 0 Å². The molecule has 0 amide bonds. The molecule has 1 unspecified atom stereocenters. The number of guanidine groups is 1. The maximum atomic E-state index is 4.80. The summed E-state index contributed by atoms with van der Waals surface area (Å²) < 4.78 is 1.88. The Hall–Kier alpha value is -1.89. The molecule has 1 aliphatic heterocycles. The van der Waals surface area contributed by atoms with Crippen LogP contribution in [-0.4, -0.2) is 45.3 Å². The van der Waals surface area contributed by atoms with Gasteiger partial charge in [-0.05, 0) is 25.3 Å². The first-order valence-corrected chi connectivity index (χ1v) is 9.52. The molecule has 24 heavy (non-hydrogen) atoms. The molecule has 6 nitrogen and oxygen atoms in total. The Kier molecular flexibility index (Phi) is 5.50. The number of rotatable bonds is 5. The Balaban J connectivity index is 1.65. The van der Waals surface area contributed by atoms with Crippen LogP contribution >= 0.6 is 11.3 Å². The molecule has 2 aromatic rings. The van der Waals surface area contributed by atoms with Gasteiger partial charge in [0.15, 0.2) is 5.96 Å². The minimum atomic E-state index is 0.536. The summed E-state index contributed by atoms with van der Waals surface area (Å²) >= 11 is 1.72. The second-order valence-corrected chi connectivity index (χ2v) is 7.08. The van der Waals surface area contributed by atoms with Crippen molar-refractivity contribution in [3.05, 3.63) is 34.0 Å². The van der Waals surface area contributed by atoms with E-state index >= 15 is 0 Å². The minimum Gasteiger partial charge on any atom is -0.357 e. The third kappa shape index (κ3) is 3.95. The molecule has 1 atom stereocenters. The first-order chi connectivity index (χ1) is 11.7. The molecule has 3 rings (SSSR count). The highest BCUT2D eigenvalue weighted by molar-refractivity contribution is 7.09. The number of thiazole rings is 1. The fourth-order valence-electron chi connectivity index (χ4n) is 3.04. The predicted molar refractivity (Wildman–Crippen MR) is 98.4 cm³/mol. The molecule has 3 heterocycles. The third-order valence-corrected chi connectivity index (χ3v) is 5.35. The van der Waals surface area contributed by atoms with Crippen molar-refractivity contribution in [1.82, 2.24) is 25.0 Å². The number of hydrogen-bond acceptors (Lipinski definition) is 4. The van der Waals surface area contributed by atoms with Crippen LogP contribution in [0.3, 0.4) is 0 Å². The van der Waals surface area contributed by atoms with Crippen LogP contribution in [0.5, 0.6) is 0 Å². The van der Waals surface area contributed by atoms with E-state index in [9.17, 15) is 0 Å². The van der Waals surface area contributed by atoms with Gasteiger partial charge in [0.2, 0.25) is 0 Å². The first-order valence-electron chi connectivity index (χ1n) is 8.64. The van der Waals surface area contributed by atoms with Crippen molar-refractivity contribution in [3.8, 4) is 0 Å². The average Bonchev–Trinajstić information content (AvgIpc) is 3.31. The molecule has 0 saturated carbocycles. The van der Waals surface area contributed by atoms with E-state index in [1.165, 1.54) is 10.6 Å². The Morgan fingerprint density at radius 2 is 2.33 bits per heavy atom. The number of aliphatic imine (C=N–C) groups is 1. The molecular weight excluding hydrogens is 320 g/mol. The van der Waals surface area contributed by atoms with Crippen molar-refractivity contribution in [1.29, 1.82) is 0 Å². The summed E-state index contributed by atoms with van der Waals surface area (Å²) in [6.07, 6.45) is 6.25. The van der Waals surface area contributed by atoms with Crippen molar-refractivity contribution >= 4 is 17.3 Å². The summed E-state index contributed by atoms with van der Waals surface area (Å²) in [4.78, 5) is 11.8. The van der Waals surface area contributed by atoms with Gasteiger partial charge in [-0.15, -0.1) is 11.3 Å². The van der Waals surface area contributed by atoms with Crippen LogP contribution < -0.4 is 5.32 Å². The Morgan fingerprint density at radius 3 is 3.00 bits per heavy atom. The summed E-state index contributed by atoms with van der Waals surface area (Å²) in [7, 11) is 1.97. The number of aromatic nitrogens is 3. The highest BCUT2D eigenvalue weighted by Crippen LogP contribution is 2.26. The first kappa shape index (κ1) is 17.0. The number of hydrogen-bond donors (Lipinski definition) is 1. The molecular formula is C17H26N6S. The molecule has 0 spiro atoms. The Morgan fingerprint density at radius 1 is 1.46 bits per heavy atom. The number of aryl methyl sites for hydroxylation is 2. The molecule has 7 heteroatoms. The van der Waals surface area contributed by atoms with Gasteiger partial charge in [0, 0.05) is 44.2 Å². The fourth-order valence-corrected chi connectivity index (χ4v) is 3.78. The molecule has 0 aliphatic carbocycles. The lowest BCUT2D eigenvalue weighted by atomic mass is 10.0. The summed E-state index contributed by atoms with van der Waals surface area (Å²) in [6, 6.07) is 0.